The number of carbonyl (C=O) groups excluding carboxylic acids is 5. The van der Waals surface area contributed by atoms with E-state index >= 15 is 0 Å². The quantitative estimate of drug-likeness (QED) is 0.0964. The van der Waals surface area contributed by atoms with Crippen LogP contribution in [0.4, 0.5) is 4.79 Å². The second kappa shape index (κ2) is 19.3. The highest BCUT2D eigenvalue weighted by Gasteiger charge is 2.31. The van der Waals surface area contributed by atoms with Crippen LogP contribution in [0, 0.1) is 11.8 Å². The molecule has 4 atom stereocenters. The predicted octanol–water partition coefficient (Wildman–Crippen LogP) is 2.07. The van der Waals surface area contributed by atoms with Gasteiger partial charge in [0, 0.05) is 24.6 Å². The minimum absolute atomic E-state index is 0.0436. The maximum absolute atomic E-state index is 13.5. The van der Waals surface area contributed by atoms with Crippen LogP contribution in [0.15, 0.2) is 42.5 Å². The van der Waals surface area contributed by atoms with Crippen molar-refractivity contribution in [3.63, 3.8) is 0 Å². The summed E-state index contributed by atoms with van der Waals surface area (Å²) in [5.41, 5.74) is 6.43. The monoisotopic (exact) mass is 601 g/mol. The molecule has 1 aliphatic heterocycles. The third-order valence-corrected chi connectivity index (χ3v) is 6.89. The Morgan fingerprint density at radius 3 is 2.37 bits per heavy atom. The Hall–Kier alpha value is -3.93. The van der Waals surface area contributed by atoms with Crippen molar-refractivity contribution in [2.24, 2.45) is 17.6 Å². The fourth-order valence-electron chi connectivity index (χ4n) is 4.67. The molecule has 1 aromatic rings. The van der Waals surface area contributed by atoms with Crippen molar-refractivity contribution in [2.45, 2.75) is 84.0 Å². The number of nitrogens with two attached hydrogens (primary N) is 1. The fourth-order valence-corrected chi connectivity index (χ4v) is 4.67. The maximum Gasteiger partial charge on any atom is 0.408 e. The number of amides is 4. The summed E-state index contributed by atoms with van der Waals surface area (Å²) < 4.78 is 10.3. The van der Waals surface area contributed by atoms with Gasteiger partial charge in [-0.05, 0) is 63.5 Å². The second-order valence-corrected chi connectivity index (χ2v) is 11.0. The van der Waals surface area contributed by atoms with Gasteiger partial charge in [-0.15, -0.1) is 0 Å². The van der Waals surface area contributed by atoms with Crippen molar-refractivity contribution in [1.82, 2.24) is 21.3 Å². The molecule has 43 heavy (non-hydrogen) atoms. The first-order valence-corrected chi connectivity index (χ1v) is 15.0. The first-order valence-electron chi connectivity index (χ1n) is 15.0. The molecule has 0 saturated carbocycles. The first-order chi connectivity index (χ1) is 20.6. The van der Waals surface area contributed by atoms with Gasteiger partial charge in [0.15, 0.2) is 0 Å². The molecule has 1 fully saturated rings. The Bertz CT molecular complexity index is 1080. The molecule has 0 aromatic heterocycles. The first kappa shape index (κ1) is 35.3. The van der Waals surface area contributed by atoms with Crippen LogP contribution in [-0.4, -0.2) is 67.6 Å². The zero-order valence-corrected chi connectivity index (χ0v) is 25.4. The van der Waals surface area contributed by atoms with Crippen LogP contribution in [0.1, 0.15) is 64.9 Å². The van der Waals surface area contributed by atoms with Gasteiger partial charge in [0.05, 0.1) is 6.61 Å². The van der Waals surface area contributed by atoms with Gasteiger partial charge in [-0.3, -0.25) is 14.4 Å². The van der Waals surface area contributed by atoms with Gasteiger partial charge in [0.2, 0.25) is 17.7 Å². The van der Waals surface area contributed by atoms with Crippen molar-refractivity contribution in [1.29, 1.82) is 0 Å². The molecule has 1 saturated heterocycles. The van der Waals surface area contributed by atoms with Crippen LogP contribution in [-0.2, 0) is 35.3 Å². The van der Waals surface area contributed by atoms with Gasteiger partial charge in [-0.2, -0.15) is 0 Å². The zero-order chi connectivity index (χ0) is 31.6. The van der Waals surface area contributed by atoms with E-state index in [-0.39, 0.29) is 37.4 Å². The topological polar surface area (TPSA) is 178 Å². The standard InChI is InChI=1S/C31H47N5O7/c1-4-42-27(37)14-13-24(19-23-15-17-33-28(23)38)34-30(40)26(18-21(2)3)35-29(39)25(12-8-9-16-32)36-31(41)43-20-22-10-6-5-7-11-22/h5-7,10-11,13-14,21,23-26H,4,8-9,12,15-20,32H2,1-3H3,(H,33,38)(H,34,40)(H,35,39)(H,36,41)/t23-,24+,25-,26-/m0/s1. The van der Waals surface area contributed by atoms with Crippen LogP contribution in [0.2, 0.25) is 0 Å². The molecule has 0 unspecified atom stereocenters. The van der Waals surface area contributed by atoms with E-state index in [0.717, 1.165) is 5.56 Å². The highest BCUT2D eigenvalue weighted by atomic mass is 16.5. The summed E-state index contributed by atoms with van der Waals surface area (Å²) in [5, 5.41) is 11.1. The lowest BCUT2D eigenvalue weighted by Crippen LogP contribution is -2.55. The molecule has 6 N–H and O–H groups in total. The van der Waals surface area contributed by atoms with Crippen molar-refractivity contribution in [2.75, 3.05) is 19.7 Å². The maximum atomic E-state index is 13.5. The number of nitrogens with one attached hydrogen (secondary N) is 4. The third kappa shape index (κ3) is 13.7. The number of ether oxygens (including phenoxy) is 2. The molecule has 12 nitrogen and oxygen atoms in total. The Labute approximate surface area is 253 Å². The Morgan fingerprint density at radius 2 is 1.74 bits per heavy atom. The second-order valence-electron chi connectivity index (χ2n) is 11.0. The summed E-state index contributed by atoms with van der Waals surface area (Å²) in [6.45, 7) is 6.76. The zero-order valence-electron chi connectivity index (χ0n) is 25.4. The van der Waals surface area contributed by atoms with Crippen LogP contribution in [0.25, 0.3) is 0 Å². The Kier molecular flexibility index (Phi) is 15.8. The van der Waals surface area contributed by atoms with E-state index in [2.05, 4.69) is 21.3 Å². The minimum Gasteiger partial charge on any atom is -0.463 e. The van der Waals surface area contributed by atoms with E-state index < -0.39 is 42.0 Å². The molecule has 1 heterocycles. The molecule has 0 spiro atoms. The molecule has 1 aliphatic rings. The fraction of sp³-hybridized carbons (Fsp3) is 0.581. The van der Waals surface area contributed by atoms with Gasteiger partial charge in [0.25, 0.3) is 0 Å². The highest BCUT2D eigenvalue weighted by molar-refractivity contribution is 5.91. The Morgan fingerprint density at radius 1 is 1.02 bits per heavy atom. The number of carbonyl (C=O) groups is 5. The van der Waals surface area contributed by atoms with Crippen molar-refractivity contribution in [3.8, 4) is 0 Å². The van der Waals surface area contributed by atoms with E-state index in [1.807, 2.05) is 44.2 Å². The molecule has 0 aliphatic carbocycles. The minimum atomic E-state index is -0.945. The number of rotatable bonds is 18. The van der Waals surface area contributed by atoms with Gasteiger partial charge >= 0.3 is 12.1 Å². The number of esters is 1. The molecule has 238 valence electrons. The summed E-state index contributed by atoms with van der Waals surface area (Å²) >= 11 is 0. The van der Waals surface area contributed by atoms with E-state index in [9.17, 15) is 24.0 Å². The van der Waals surface area contributed by atoms with Crippen molar-refractivity contribution < 1.29 is 33.4 Å². The van der Waals surface area contributed by atoms with Crippen molar-refractivity contribution in [3.05, 3.63) is 48.0 Å². The molecule has 0 radical (unpaired) electrons. The number of unbranched alkanes of at least 4 members (excludes halogenated alkanes) is 1. The molecule has 0 bridgehead atoms. The third-order valence-electron chi connectivity index (χ3n) is 6.89. The normalized spacial score (nSPS) is 16.7. The smallest absolute Gasteiger partial charge is 0.408 e. The summed E-state index contributed by atoms with van der Waals surface area (Å²) in [4.78, 5) is 63.7. The van der Waals surface area contributed by atoms with Gasteiger partial charge in [-0.1, -0.05) is 50.3 Å². The molecular weight excluding hydrogens is 554 g/mol. The number of benzene rings is 1. The Balaban J connectivity index is 2.13. The average Bonchev–Trinajstić information content (AvgIpc) is 3.38. The SMILES string of the molecule is CCOC(=O)C=C[C@H](C[C@@H]1CCNC1=O)NC(=O)[C@H](CC(C)C)NC(=O)[C@H](CCCCN)NC(=O)OCc1ccccc1. The van der Waals surface area contributed by atoms with Crippen LogP contribution >= 0.6 is 0 Å². The molecule has 12 heteroatoms. The highest BCUT2D eigenvalue weighted by Crippen LogP contribution is 2.17. The largest absolute Gasteiger partial charge is 0.463 e. The van der Waals surface area contributed by atoms with Crippen LogP contribution < -0.4 is 27.0 Å². The van der Waals surface area contributed by atoms with Gasteiger partial charge in [0.1, 0.15) is 18.7 Å². The number of alkyl carbamates (subject to hydrolysis) is 1. The lowest BCUT2D eigenvalue weighted by atomic mass is 9.96. The summed E-state index contributed by atoms with van der Waals surface area (Å²) in [5.74, 6) is -1.94. The lowest BCUT2D eigenvalue weighted by Gasteiger charge is -2.26. The van der Waals surface area contributed by atoms with Crippen LogP contribution in [0.5, 0.6) is 0 Å². The average molecular weight is 602 g/mol. The van der Waals surface area contributed by atoms with E-state index in [1.54, 1.807) is 6.92 Å². The summed E-state index contributed by atoms with van der Waals surface area (Å²) in [7, 11) is 0. The van der Waals surface area contributed by atoms with Crippen LogP contribution in [0.3, 0.4) is 0 Å². The van der Waals surface area contributed by atoms with Crippen molar-refractivity contribution >= 4 is 29.8 Å². The summed E-state index contributed by atoms with van der Waals surface area (Å²) in [6, 6.07) is 6.64. The molecule has 1 aromatic carbocycles. The molecule has 2 rings (SSSR count). The summed E-state index contributed by atoms with van der Waals surface area (Å²) in [6.07, 6.45) is 4.76. The number of hydrogen-bond donors (Lipinski definition) is 5. The van der Waals surface area contributed by atoms with E-state index in [0.29, 0.717) is 45.2 Å². The predicted molar refractivity (Wildman–Crippen MR) is 161 cm³/mol. The number of hydrogen-bond acceptors (Lipinski definition) is 8. The molecule has 4 amide bonds. The van der Waals surface area contributed by atoms with Gasteiger partial charge in [-0.25, -0.2) is 9.59 Å². The molecular formula is C31H47N5O7. The van der Waals surface area contributed by atoms with E-state index in [4.69, 9.17) is 15.2 Å². The van der Waals surface area contributed by atoms with Gasteiger partial charge < -0.3 is 36.5 Å². The lowest BCUT2D eigenvalue weighted by molar-refractivity contribution is -0.137. The van der Waals surface area contributed by atoms with E-state index in [1.165, 1.54) is 12.2 Å².